The van der Waals surface area contributed by atoms with Gasteiger partial charge in [0.05, 0.1) is 11.6 Å². The number of hydrogen-bond acceptors (Lipinski definition) is 6. The van der Waals surface area contributed by atoms with Gasteiger partial charge in [0.15, 0.2) is 0 Å². The Labute approximate surface area is 119 Å². The number of nitrogen functional groups attached to an aromatic ring is 1. The number of nitrogens with two attached hydrogens (primary N) is 1. The fourth-order valence-electron chi connectivity index (χ4n) is 2.15. The van der Waals surface area contributed by atoms with Crippen LogP contribution >= 0.6 is 11.8 Å². The van der Waals surface area contributed by atoms with Crippen molar-refractivity contribution in [2.75, 3.05) is 5.73 Å². The van der Waals surface area contributed by atoms with Crippen LogP contribution in [-0.4, -0.2) is 25.2 Å². The summed E-state index contributed by atoms with van der Waals surface area (Å²) in [6, 6.07) is 8.20. The van der Waals surface area contributed by atoms with Crippen molar-refractivity contribution < 1.29 is 0 Å². The second kappa shape index (κ2) is 4.45. The van der Waals surface area contributed by atoms with Crippen LogP contribution in [0.25, 0.3) is 10.9 Å². The van der Waals surface area contributed by atoms with E-state index in [2.05, 4.69) is 20.5 Å². The molecule has 1 aliphatic carbocycles. The summed E-state index contributed by atoms with van der Waals surface area (Å²) in [6.45, 7) is 0. The third-order valence-corrected chi connectivity index (χ3v) is 4.32. The molecular formula is C13H12N6S. The van der Waals surface area contributed by atoms with Crippen LogP contribution in [-0.2, 0) is 0 Å². The molecule has 2 aromatic heterocycles. The summed E-state index contributed by atoms with van der Waals surface area (Å²) < 4.78 is 1.90. The van der Waals surface area contributed by atoms with Gasteiger partial charge in [0.1, 0.15) is 0 Å². The van der Waals surface area contributed by atoms with Crippen molar-refractivity contribution >= 4 is 28.4 Å². The zero-order chi connectivity index (χ0) is 13.5. The number of benzene rings is 1. The zero-order valence-electron chi connectivity index (χ0n) is 10.6. The quantitative estimate of drug-likeness (QED) is 0.743. The molecule has 2 heterocycles. The minimum absolute atomic E-state index is 0.459. The molecular weight excluding hydrogens is 272 g/mol. The average molecular weight is 284 g/mol. The van der Waals surface area contributed by atoms with Gasteiger partial charge < -0.3 is 5.73 Å². The first kappa shape index (κ1) is 11.7. The summed E-state index contributed by atoms with van der Waals surface area (Å²) in [6.07, 6.45) is 4.08. The second-order valence-corrected chi connectivity index (χ2v) is 5.80. The molecule has 1 saturated carbocycles. The largest absolute Gasteiger partial charge is 0.398 e. The lowest BCUT2D eigenvalue weighted by molar-refractivity contribution is 0.565. The molecule has 3 aromatic rings. The van der Waals surface area contributed by atoms with Crippen LogP contribution in [0.2, 0.25) is 0 Å². The fourth-order valence-corrected chi connectivity index (χ4v) is 3.10. The highest BCUT2D eigenvalue weighted by atomic mass is 32.2. The van der Waals surface area contributed by atoms with Crippen LogP contribution in [0.15, 0.2) is 40.5 Å². The first-order chi connectivity index (χ1) is 9.83. The Balaban J connectivity index is 1.79. The first-order valence-electron chi connectivity index (χ1n) is 6.42. The van der Waals surface area contributed by atoms with E-state index in [1.54, 1.807) is 6.20 Å². The van der Waals surface area contributed by atoms with Gasteiger partial charge in [-0.3, -0.25) is 4.98 Å². The highest BCUT2D eigenvalue weighted by Crippen LogP contribution is 2.39. The molecule has 0 radical (unpaired) electrons. The Kier molecular flexibility index (Phi) is 2.59. The average Bonchev–Trinajstić information content (AvgIpc) is 3.22. The lowest BCUT2D eigenvalue weighted by Gasteiger charge is -2.07. The minimum Gasteiger partial charge on any atom is -0.398 e. The smallest absolute Gasteiger partial charge is 0.214 e. The number of anilines is 1. The molecule has 2 N–H and O–H groups in total. The number of fused-ring (bicyclic) bond motifs is 1. The summed E-state index contributed by atoms with van der Waals surface area (Å²) in [7, 11) is 0. The summed E-state index contributed by atoms with van der Waals surface area (Å²) in [5, 5.41) is 13.7. The molecule has 4 rings (SSSR count). The maximum absolute atomic E-state index is 5.99. The van der Waals surface area contributed by atoms with Gasteiger partial charge in [-0.25, -0.2) is 4.68 Å². The standard InChI is InChI=1S/C13H12N6S/c14-10-5-6-11(12-9(10)2-1-7-15-12)20-13-16-17-18-19(13)8-3-4-8/h1-2,5-8H,3-4,14H2. The molecule has 0 atom stereocenters. The van der Waals surface area contributed by atoms with E-state index in [-0.39, 0.29) is 0 Å². The lowest BCUT2D eigenvalue weighted by atomic mass is 10.2. The van der Waals surface area contributed by atoms with Gasteiger partial charge in [0.2, 0.25) is 5.16 Å². The third-order valence-electron chi connectivity index (χ3n) is 3.32. The summed E-state index contributed by atoms with van der Waals surface area (Å²) in [4.78, 5) is 5.45. The van der Waals surface area contributed by atoms with Gasteiger partial charge in [0.25, 0.3) is 0 Å². The molecule has 0 aliphatic heterocycles. The van der Waals surface area contributed by atoms with Crippen LogP contribution in [0.3, 0.4) is 0 Å². The van der Waals surface area contributed by atoms with Crippen molar-refractivity contribution in [1.29, 1.82) is 0 Å². The lowest BCUT2D eigenvalue weighted by Crippen LogP contribution is -1.98. The van der Waals surface area contributed by atoms with Gasteiger partial charge in [-0.15, -0.1) is 5.10 Å². The molecule has 7 heteroatoms. The SMILES string of the molecule is Nc1ccc(Sc2nnnn2C2CC2)c2ncccc12. The van der Waals surface area contributed by atoms with Crippen molar-refractivity contribution in [2.24, 2.45) is 0 Å². The van der Waals surface area contributed by atoms with Crippen LogP contribution in [0.4, 0.5) is 5.69 Å². The first-order valence-corrected chi connectivity index (χ1v) is 7.23. The summed E-state index contributed by atoms with van der Waals surface area (Å²) in [5.41, 5.74) is 7.62. The summed E-state index contributed by atoms with van der Waals surface area (Å²) in [5.74, 6) is 0. The van der Waals surface area contributed by atoms with E-state index < -0.39 is 0 Å². The van der Waals surface area contributed by atoms with Crippen molar-refractivity contribution in [3.8, 4) is 0 Å². The van der Waals surface area contributed by atoms with E-state index in [9.17, 15) is 0 Å². The Morgan fingerprint density at radius 2 is 2.15 bits per heavy atom. The van der Waals surface area contributed by atoms with Gasteiger partial charge in [-0.05, 0) is 59.3 Å². The Bertz CT molecular complexity index is 779. The molecule has 1 aromatic carbocycles. The minimum atomic E-state index is 0.459. The second-order valence-electron chi connectivity index (χ2n) is 4.79. The van der Waals surface area contributed by atoms with Crippen LogP contribution in [0.1, 0.15) is 18.9 Å². The van der Waals surface area contributed by atoms with E-state index in [4.69, 9.17) is 5.73 Å². The number of hydrogen-bond donors (Lipinski definition) is 1. The van der Waals surface area contributed by atoms with Gasteiger partial charge in [0, 0.05) is 22.2 Å². The Morgan fingerprint density at radius 1 is 1.25 bits per heavy atom. The van der Waals surface area contributed by atoms with Gasteiger partial charge >= 0.3 is 0 Å². The molecule has 1 aliphatic rings. The summed E-state index contributed by atoms with van der Waals surface area (Å²) >= 11 is 1.54. The molecule has 0 bridgehead atoms. The third kappa shape index (κ3) is 1.90. The maximum Gasteiger partial charge on any atom is 0.214 e. The van der Waals surface area contributed by atoms with E-state index in [0.717, 1.165) is 39.5 Å². The van der Waals surface area contributed by atoms with Gasteiger partial charge in [-0.1, -0.05) is 0 Å². The topological polar surface area (TPSA) is 82.5 Å². The number of nitrogens with zero attached hydrogens (tertiary/aromatic N) is 5. The molecule has 1 fully saturated rings. The number of rotatable bonds is 3. The zero-order valence-corrected chi connectivity index (χ0v) is 11.4. The fraction of sp³-hybridized carbons (Fsp3) is 0.231. The van der Waals surface area contributed by atoms with E-state index in [0.29, 0.717) is 6.04 Å². The maximum atomic E-state index is 5.99. The van der Waals surface area contributed by atoms with Crippen molar-refractivity contribution in [3.05, 3.63) is 30.5 Å². The van der Waals surface area contributed by atoms with Crippen molar-refractivity contribution in [1.82, 2.24) is 25.2 Å². The molecule has 20 heavy (non-hydrogen) atoms. The van der Waals surface area contributed by atoms with Crippen LogP contribution < -0.4 is 5.73 Å². The molecule has 100 valence electrons. The highest BCUT2D eigenvalue weighted by molar-refractivity contribution is 7.99. The highest BCUT2D eigenvalue weighted by Gasteiger charge is 2.28. The predicted molar refractivity (Wildman–Crippen MR) is 76.4 cm³/mol. The monoisotopic (exact) mass is 284 g/mol. The number of aromatic nitrogens is 5. The number of tetrazole rings is 1. The Morgan fingerprint density at radius 3 is 3.00 bits per heavy atom. The molecule has 0 saturated heterocycles. The van der Waals surface area contributed by atoms with Crippen molar-refractivity contribution in [2.45, 2.75) is 28.9 Å². The molecule has 0 amide bonds. The van der Waals surface area contributed by atoms with E-state index in [1.807, 2.05) is 28.9 Å². The van der Waals surface area contributed by atoms with Gasteiger partial charge in [-0.2, -0.15) is 0 Å². The molecule has 6 nitrogen and oxygen atoms in total. The number of pyridine rings is 1. The van der Waals surface area contributed by atoms with Crippen LogP contribution in [0, 0.1) is 0 Å². The normalized spacial score (nSPS) is 14.8. The molecule has 0 spiro atoms. The predicted octanol–water partition coefficient (Wildman–Crippen LogP) is 2.29. The van der Waals surface area contributed by atoms with E-state index >= 15 is 0 Å². The van der Waals surface area contributed by atoms with Crippen LogP contribution in [0.5, 0.6) is 0 Å². The molecule has 0 unspecified atom stereocenters. The van der Waals surface area contributed by atoms with Crippen molar-refractivity contribution in [3.63, 3.8) is 0 Å². The van der Waals surface area contributed by atoms with E-state index in [1.165, 1.54) is 11.8 Å². The Hall–Kier alpha value is -2.15.